The lowest BCUT2D eigenvalue weighted by atomic mass is 9.76. The Morgan fingerprint density at radius 2 is 0.741 bits per heavy atom. The Morgan fingerprint density at radius 3 is 1.03 bits per heavy atom. The van der Waals surface area contributed by atoms with Gasteiger partial charge in [-0.15, -0.1) is 0 Å². The van der Waals surface area contributed by atoms with Gasteiger partial charge in [-0.2, -0.15) is 0 Å². The number of hydrogen-bond donors (Lipinski definition) is 4. The molecule has 4 heterocycles. The van der Waals surface area contributed by atoms with Crippen LogP contribution in [0.5, 0.6) is 0 Å². The van der Waals surface area contributed by atoms with E-state index in [-0.39, 0.29) is 68.8 Å². The molecule has 4 N–H and O–H groups in total. The number of carbonyl (C=O) groups is 4. The molecule has 12 heteroatoms. The van der Waals surface area contributed by atoms with Gasteiger partial charge < -0.3 is 29.9 Å². The first-order chi connectivity index (χ1) is 26.3. The van der Waals surface area contributed by atoms with Crippen molar-refractivity contribution >= 4 is 23.8 Å². The van der Waals surface area contributed by atoms with Crippen LogP contribution in [-0.4, -0.2) is 117 Å². The molecule has 0 aromatic heterocycles. The van der Waals surface area contributed by atoms with E-state index in [1.807, 2.05) is 37.5 Å². The predicted molar refractivity (Wildman–Crippen MR) is 233 cm³/mol. The van der Waals surface area contributed by atoms with Gasteiger partial charge in [0.15, 0.2) is 0 Å². The molecule has 0 aromatic rings. The van der Waals surface area contributed by atoms with Gasteiger partial charge in [0, 0.05) is 59.4 Å². The highest BCUT2D eigenvalue weighted by Gasteiger charge is 2.46. The molecule has 58 heavy (non-hydrogen) atoms. The highest BCUT2D eigenvalue weighted by Crippen LogP contribution is 2.35. The van der Waals surface area contributed by atoms with Crippen LogP contribution in [0.25, 0.3) is 0 Å². The average Bonchev–Trinajstić information content (AvgIpc) is 3.01. The molecule has 0 saturated carbocycles. The fraction of sp³-hybridized carbons (Fsp3) is 0.913. The first-order valence-corrected chi connectivity index (χ1v) is 22.3. The van der Waals surface area contributed by atoms with Gasteiger partial charge in [0.1, 0.15) is 0 Å². The van der Waals surface area contributed by atoms with Crippen molar-refractivity contribution in [1.82, 2.24) is 31.1 Å². The number of piperidine rings is 2. The molecule has 0 spiro atoms. The van der Waals surface area contributed by atoms with Crippen LogP contribution >= 0.6 is 0 Å². The largest absolute Gasteiger partial charge is 0.465 e. The Labute approximate surface area is 353 Å². The zero-order valence-electron chi connectivity index (χ0n) is 39.8. The van der Waals surface area contributed by atoms with Crippen molar-refractivity contribution in [3.63, 3.8) is 0 Å². The van der Waals surface area contributed by atoms with Crippen LogP contribution in [0.15, 0.2) is 0 Å². The number of rotatable bonds is 14. The number of esters is 2. The maximum atomic E-state index is 12.7. The first-order valence-electron chi connectivity index (χ1n) is 22.3. The standard InChI is InChI=1S/C28H52N2O4.C18H34N4O2/c1-25(2)17-21(18-26(3,4)29-25)23(31)33-15-13-11-9-10-12-14-16-34-24(32)22-19-27(5,6)30-28(7,8)20-22;1-15(2)11-21(13(23)17(5,6)19-15)9-10-22-12-16(3,4)20-18(7,8)14(22)24/h21-22,29-30H,9-20H2,1-8H3;19-20H,9-12H2,1-8H3. The molecule has 336 valence electrons. The maximum Gasteiger partial charge on any atom is 0.309 e. The summed E-state index contributed by atoms with van der Waals surface area (Å²) in [6, 6.07) is 0. The summed E-state index contributed by atoms with van der Waals surface area (Å²) in [6.07, 6.45) is 9.51. The van der Waals surface area contributed by atoms with E-state index < -0.39 is 11.1 Å². The third-order valence-corrected chi connectivity index (χ3v) is 11.8. The summed E-state index contributed by atoms with van der Waals surface area (Å²) in [5, 5.41) is 14.0. The third-order valence-electron chi connectivity index (χ3n) is 11.8. The Hall–Kier alpha value is -2.28. The lowest BCUT2D eigenvalue weighted by Crippen LogP contribution is -2.72. The van der Waals surface area contributed by atoms with Crippen molar-refractivity contribution in [1.29, 1.82) is 0 Å². The highest BCUT2D eigenvalue weighted by molar-refractivity contribution is 5.88. The molecule has 0 aliphatic carbocycles. The second kappa shape index (κ2) is 18.8. The van der Waals surface area contributed by atoms with Crippen LogP contribution in [0.4, 0.5) is 0 Å². The second-order valence-electron chi connectivity index (χ2n) is 23.2. The average molecular weight is 819 g/mol. The normalized spacial score (nSPS) is 25.7. The molecule has 4 rings (SSSR count). The van der Waals surface area contributed by atoms with Crippen molar-refractivity contribution < 1.29 is 28.7 Å². The molecule has 4 aliphatic heterocycles. The highest BCUT2D eigenvalue weighted by atomic mass is 16.5. The maximum absolute atomic E-state index is 12.7. The fourth-order valence-corrected chi connectivity index (χ4v) is 10.8. The topological polar surface area (TPSA) is 141 Å². The number of ether oxygens (including phenoxy) is 2. The summed E-state index contributed by atoms with van der Waals surface area (Å²) in [7, 11) is 0. The summed E-state index contributed by atoms with van der Waals surface area (Å²) in [4.78, 5) is 54.2. The zero-order chi connectivity index (χ0) is 44.2. The minimum Gasteiger partial charge on any atom is -0.465 e. The van der Waals surface area contributed by atoms with Gasteiger partial charge in [-0.05, 0) is 149 Å². The van der Waals surface area contributed by atoms with Crippen molar-refractivity contribution in [3.8, 4) is 0 Å². The number of amides is 2. The predicted octanol–water partition coefficient (Wildman–Crippen LogP) is 6.49. The van der Waals surface area contributed by atoms with E-state index in [9.17, 15) is 19.2 Å². The molecule has 4 saturated heterocycles. The zero-order valence-corrected chi connectivity index (χ0v) is 39.8. The minimum atomic E-state index is -0.576. The van der Waals surface area contributed by atoms with Crippen molar-refractivity contribution in [3.05, 3.63) is 0 Å². The smallest absolute Gasteiger partial charge is 0.309 e. The van der Waals surface area contributed by atoms with Crippen LogP contribution in [0.1, 0.15) is 175 Å². The van der Waals surface area contributed by atoms with Crippen molar-refractivity contribution in [2.24, 2.45) is 11.8 Å². The van der Waals surface area contributed by atoms with Gasteiger partial charge in [-0.1, -0.05) is 25.7 Å². The summed E-state index contributed by atoms with van der Waals surface area (Å²) >= 11 is 0. The fourth-order valence-electron chi connectivity index (χ4n) is 10.8. The Balaban J connectivity index is 0.000000329. The van der Waals surface area contributed by atoms with E-state index in [1.54, 1.807) is 0 Å². The molecule has 0 aromatic carbocycles. The number of nitrogens with zero attached hydrogens (tertiary/aromatic N) is 2. The van der Waals surface area contributed by atoms with E-state index >= 15 is 0 Å². The van der Waals surface area contributed by atoms with E-state index in [2.05, 4.69) is 104 Å². The monoisotopic (exact) mass is 819 g/mol. The summed E-state index contributed by atoms with van der Waals surface area (Å²) in [5.74, 6) is 0.0905. The van der Waals surface area contributed by atoms with E-state index in [4.69, 9.17) is 9.47 Å². The quantitative estimate of drug-likeness (QED) is 0.114. The van der Waals surface area contributed by atoms with Crippen LogP contribution in [-0.2, 0) is 28.7 Å². The minimum absolute atomic E-state index is 0.0176. The van der Waals surface area contributed by atoms with E-state index in [1.165, 1.54) is 0 Å². The summed E-state index contributed by atoms with van der Waals surface area (Å²) < 4.78 is 11.2. The number of piperazine rings is 2. The van der Waals surface area contributed by atoms with Gasteiger partial charge in [0.25, 0.3) is 0 Å². The molecule has 12 nitrogen and oxygen atoms in total. The molecular formula is C46H86N6O6. The van der Waals surface area contributed by atoms with Gasteiger partial charge in [-0.3, -0.25) is 29.8 Å². The Morgan fingerprint density at radius 1 is 0.466 bits per heavy atom. The molecular weight excluding hydrogens is 733 g/mol. The SMILES string of the molecule is CC1(C)CC(C(=O)OCCCCCCCCOC(=O)C2CC(C)(C)NC(C)(C)C2)CC(C)(C)N1.CC1(C)CN(CCN2CC(C)(C)NC(C)(C)C2=O)C(=O)C(C)(C)N1. The molecule has 2 amide bonds. The van der Waals surface area contributed by atoms with Gasteiger partial charge in [0.05, 0.1) is 36.1 Å². The Kier molecular flexibility index (Phi) is 16.2. The third kappa shape index (κ3) is 15.6. The van der Waals surface area contributed by atoms with Crippen molar-refractivity contribution in [2.75, 3.05) is 39.4 Å². The number of hydrogen-bond acceptors (Lipinski definition) is 10. The molecule has 0 bridgehead atoms. The van der Waals surface area contributed by atoms with Gasteiger partial charge >= 0.3 is 11.9 Å². The molecule has 0 atom stereocenters. The second-order valence-corrected chi connectivity index (χ2v) is 23.2. The van der Waals surface area contributed by atoms with Crippen LogP contribution < -0.4 is 21.3 Å². The van der Waals surface area contributed by atoms with E-state index in [0.717, 1.165) is 64.2 Å². The number of unbranched alkanes of at least 4 members (excludes halogenated alkanes) is 5. The van der Waals surface area contributed by atoms with Gasteiger partial charge in [0.2, 0.25) is 11.8 Å². The van der Waals surface area contributed by atoms with E-state index in [0.29, 0.717) is 39.4 Å². The molecule has 0 radical (unpaired) electrons. The lowest BCUT2D eigenvalue weighted by Gasteiger charge is -2.50. The lowest BCUT2D eigenvalue weighted by molar-refractivity contribution is -0.152. The Bertz CT molecular complexity index is 1290. The molecule has 0 unspecified atom stereocenters. The van der Waals surface area contributed by atoms with Gasteiger partial charge in [-0.25, -0.2) is 0 Å². The number of nitrogens with one attached hydrogen (secondary N) is 4. The molecule has 4 fully saturated rings. The first kappa shape index (κ1) is 50.1. The van der Waals surface area contributed by atoms with Crippen molar-refractivity contribution in [2.45, 2.75) is 219 Å². The number of carbonyl (C=O) groups excluding carboxylic acids is 4. The van der Waals surface area contributed by atoms with Crippen LogP contribution in [0.2, 0.25) is 0 Å². The van der Waals surface area contributed by atoms with Crippen LogP contribution in [0.3, 0.4) is 0 Å². The summed E-state index contributed by atoms with van der Waals surface area (Å²) in [6.45, 7) is 36.9. The molecule has 4 aliphatic rings. The van der Waals surface area contributed by atoms with Crippen LogP contribution in [0, 0.1) is 11.8 Å². The summed E-state index contributed by atoms with van der Waals surface area (Å²) in [5.41, 5.74) is -1.59.